The summed E-state index contributed by atoms with van der Waals surface area (Å²) in [6, 6.07) is 3.47. The van der Waals surface area contributed by atoms with Crippen molar-refractivity contribution in [3.8, 4) is 5.75 Å². The van der Waals surface area contributed by atoms with Crippen molar-refractivity contribution in [2.24, 2.45) is 5.92 Å². The Morgan fingerprint density at radius 3 is 2.83 bits per heavy atom. The summed E-state index contributed by atoms with van der Waals surface area (Å²) in [5, 5.41) is 3.23. The summed E-state index contributed by atoms with van der Waals surface area (Å²) < 4.78 is 51.2. The number of nitrogens with one attached hydrogen (secondary N) is 2. The van der Waals surface area contributed by atoms with Crippen molar-refractivity contribution in [2.45, 2.75) is 17.7 Å². The van der Waals surface area contributed by atoms with E-state index in [2.05, 4.69) is 10.0 Å². The van der Waals surface area contributed by atoms with Crippen molar-refractivity contribution in [3.05, 3.63) is 24.0 Å². The molecule has 138 valence electrons. The quantitative estimate of drug-likeness (QED) is 0.667. The summed E-state index contributed by atoms with van der Waals surface area (Å²) in [7, 11) is -2.31. The summed E-state index contributed by atoms with van der Waals surface area (Å²) in [6.07, 6.45) is 1.99. The summed E-state index contributed by atoms with van der Waals surface area (Å²) in [5.74, 6) is -0.258. The first-order valence-electron chi connectivity index (χ1n) is 7.64. The van der Waals surface area contributed by atoms with E-state index in [9.17, 15) is 12.8 Å². The summed E-state index contributed by atoms with van der Waals surface area (Å²) in [4.78, 5) is -0.183. The van der Waals surface area contributed by atoms with Gasteiger partial charge in [0.2, 0.25) is 10.0 Å². The number of rotatable bonds is 8. The lowest BCUT2D eigenvalue weighted by Gasteiger charge is -2.23. The Kier molecular flexibility index (Phi) is 8.93. The van der Waals surface area contributed by atoms with Gasteiger partial charge < -0.3 is 14.8 Å². The second kappa shape index (κ2) is 10.1. The van der Waals surface area contributed by atoms with Gasteiger partial charge in [-0.15, -0.1) is 12.4 Å². The van der Waals surface area contributed by atoms with Gasteiger partial charge in [0.1, 0.15) is 23.1 Å². The Bertz CT molecular complexity index is 609. The Morgan fingerprint density at radius 1 is 1.38 bits per heavy atom. The molecule has 0 amide bonds. The normalized spacial score (nSPS) is 18.0. The standard InChI is InChI=1S/C15H23FN2O4S.ClH/c1-21-7-8-22-14-5-4-13(16)9-15(14)23(19,20)18-11-12-3-2-6-17-10-12;/h4-5,9,12,17-18H,2-3,6-8,10-11H2,1H3;1H. The molecule has 9 heteroatoms. The molecule has 2 rings (SSSR count). The van der Waals surface area contributed by atoms with Crippen LogP contribution in [0.5, 0.6) is 5.75 Å². The average molecular weight is 383 g/mol. The van der Waals surface area contributed by atoms with Crippen LogP contribution in [0.4, 0.5) is 4.39 Å². The van der Waals surface area contributed by atoms with Crippen molar-refractivity contribution in [3.63, 3.8) is 0 Å². The molecule has 0 spiro atoms. The molecule has 1 fully saturated rings. The second-order valence-corrected chi connectivity index (χ2v) is 7.23. The molecule has 1 aromatic carbocycles. The van der Waals surface area contributed by atoms with Crippen LogP contribution in [-0.2, 0) is 14.8 Å². The van der Waals surface area contributed by atoms with E-state index in [1.165, 1.54) is 19.2 Å². The maximum atomic E-state index is 13.5. The highest BCUT2D eigenvalue weighted by Crippen LogP contribution is 2.25. The molecule has 1 unspecified atom stereocenters. The number of methoxy groups -OCH3 is 1. The fourth-order valence-electron chi connectivity index (χ4n) is 2.45. The molecular formula is C15H24ClFN2O4S. The maximum absolute atomic E-state index is 13.5. The molecule has 1 heterocycles. The lowest BCUT2D eigenvalue weighted by atomic mass is 10.0. The van der Waals surface area contributed by atoms with Crippen molar-refractivity contribution in [1.82, 2.24) is 10.0 Å². The van der Waals surface area contributed by atoms with Gasteiger partial charge in [-0.05, 0) is 50.0 Å². The number of ether oxygens (including phenoxy) is 2. The average Bonchev–Trinajstić information content (AvgIpc) is 2.55. The molecule has 1 aliphatic rings. The molecule has 0 aliphatic carbocycles. The van der Waals surface area contributed by atoms with E-state index in [1.54, 1.807) is 0 Å². The van der Waals surface area contributed by atoms with Gasteiger partial charge in [0, 0.05) is 13.7 Å². The lowest BCUT2D eigenvalue weighted by molar-refractivity contribution is 0.144. The summed E-state index contributed by atoms with van der Waals surface area (Å²) in [5.41, 5.74) is 0. The smallest absolute Gasteiger partial charge is 0.244 e. The Morgan fingerprint density at radius 2 is 2.17 bits per heavy atom. The summed E-state index contributed by atoms with van der Waals surface area (Å²) >= 11 is 0. The predicted octanol–water partition coefficient (Wildman–Crippen LogP) is 1.55. The van der Waals surface area contributed by atoms with Crippen molar-refractivity contribution < 1.29 is 22.3 Å². The number of hydrogen-bond donors (Lipinski definition) is 2. The van der Waals surface area contributed by atoms with Gasteiger partial charge in [0.25, 0.3) is 0 Å². The minimum absolute atomic E-state index is 0. The third kappa shape index (κ3) is 6.18. The lowest BCUT2D eigenvalue weighted by Crippen LogP contribution is -2.38. The zero-order valence-corrected chi connectivity index (χ0v) is 15.2. The van der Waals surface area contributed by atoms with E-state index in [1.807, 2.05) is 0 Å². The minimum atomic E-state index is -3.83. The van der Waals surface area contributed by atoms with E-state index < -0.39 is 15.8 Å². The summed E-state index contributed by atoms with van der Waals surface area (Å²) in [6.45, 7) is 2.58. The van der Waals surface area contributed by atoms with Crippen molar-refractivity contribution in [1.29, 1.82) is 0 Å². The monoisotopic (exact) mass is 382 g/mol. The van der Waals surface area contributed by atoms with Crippen LogP contribution < -0.4 is 14.8 Å². The van der Waals surface area contributed by atoms with Crippen LogP contribution >= 0.6 is 12.4 Å². The molecule has 0 saturated carbocycles. The highest BCUT2D eigenvalue weighted by molar-refractivity contribution is 7.89. The molecular weight excluding hydrogens is 359 g/mol. The fourth-order valence-corrected chi connectivity index (χ4v) is 3.72. The van der Waals surface area contributed by atoms with Crippen LogP contribution in [0.1, 0.15) is 12.8 Å². The van der Waals surface area contributed by atoms with Gasteiger partial charge in [-0.25, -0.2) is 17.5 Å². The van der Waals surface area contributed by atoms with Gasteiger partial charge in [-0.2, -0.15) is 0 Å². The molecule has 0 aromatic heterocycles. The van der Waals surface area contributed by atoms with Crippen LogP contribution in [0.2, 0.25) is 0 Å². The first-order chi connectivity index (χ1) is 11.0. The molecule has 0 bridgehead atoms. The number of piperidine rings is 1. The molecule has 1 atom stereocenters. The second-order valence-electron chi connectivity index (χ2n) is 5.50. The highest BCUT2D eigenvalue weighted by Gasteiger charge is 2.23. The molecule has 24 heavy (non-hydrogen) atoms. The first-order valence-corrected chi connectivity index (χ1v) is 9.13. The third-order valence-corrected chi connectivity index (χ3v) is 5.15. The van der Waals surface area contributed by atoms with E-state index >= 15 is 0 Å². The zero-order chi connectivity index (χ0) is 16.7. The number of sulfonamides is 1. The maximum Gasteiger partial charge on any atom is 0.244 e. The number of hydrogen-bond acceptors (Lipinski definition) is 5. The van der Waals surface area contributed by atoms with Crippen LogP contribution in [0, 0.1) is 11.7 Å². The molecule has 2 N–H and O–H groups in total. The number of benzene rings is 1. The van der Waals surface area contributed by atoms with Crippen molar-refractivity contribution in [2.75, 3.05) is 40.0 Å². The highest BCUT2D eigenvalue weighted by atomic mass is 35.5. The topological polar surface area (TPSA) is 76.7 Å². The first kappa shape index (κ1) is 21.1. The Hall–Kier alpha value is -0.930. The Labute approximate surface area is 148 Å². The van der Waals surface area contributed by atoms with Crippen LogP contribution in [0.15, 0.2) is 23.1 Å². The van der Waals surface area contributed by atoms with Crippen LogP contribution in [0.25, 0.3) is 0 Å². The molecule has 1 aliphatic heterocycles. The fraction of sp³-hybridized carbons (Fsp3) is 0.600. The van der Waals surface area contributed by atoms with Crippen molar-refractivity contribution >= 4 is 22.4 Å². The van der Waals surface area contributed by atoms with E-state index in [0.717, 1.165) is 32.0 Å². The molecule has 1 saturated heterocycles. The van der Waals surface area contributed by atoms with Gasteiger partial charge in [-0.1, -0.05) is 0 Å². The molecule has 6 nitrogen and oxygen atoms in total. The van der Waals surface area contributed by atoms with Gasteiger partial charge in [0.15, 0.2) is 0 Å². The molecule has 0 radical (unpaired) electrons. The van der Waals surface area contributed by atoms with Gasteiger partial charge in [-0.3, -0.25) is 0 Å². The van der Waals surface area contributed by atoms with Gasteiger partial charge >= 0.3 is 0 Å². The zero-order valence-electron chi connectivity index (χ0n) is 13.6. The van der Waals surface area contributed by atoms with Crippen LogP contribution in [-0.4, -0.2) is 48.4 Å². The van der Waals surface area contributed by atoms with E-state index in [-0.39, 0.29) is 35.6 Å². The Balaban J connectivity index is 0.00000288. The van der Waals surface area contributed by atoms with E-state index in [4.69, 9.17) is 9.47 Å². The SMILES string of the molecule is COCCOc1ccc(F)cc1S(=O)(=O)NCC1CCCNC1.Cl. The van der Waals surface area contributed by atoms with E-state index in [0.29, 0.717) is 13.2 Å². The number of halogens is 2. The van der Waals surface area contributed by atoms with Gasteiger partial charge in [0.05, 0.1) is 6.61 Å². The van der Waals surface area contributed by atoms with Crippen LogP contribution in [0.3, 0.4) is 0 Å². The third-order valence-electron chi connectivity index (χ3n) is 3.70. The predicted molar refractivity (Wildman–Crippen MR) is 91.8 cm³/mol. The minimum Gasteiger partial charge on any atom is -0.490 e. The molecule has 1 aromatic rings. The largest absolute Gasteiger partial charge is 0.490 e.